The second kappa shape index (κ2) is 7.61. The lowest BCUT2D eigenvalue weighted by atomic mass is 10.2. The molecule has 5 nitrogen and oxygen atoms in total. The van der Waals surface area contributed by atoms with Gasteiger partial charge in [-0.2, -0.15) is 5.01 Å². The SMILES string of the molecule is CN(C(=O)c1ccccc1)N1C(=O)/C(=C\c2ccc(O)c(Br)c2)SC1=S. The number of phenols is 1. The van der Waals surface area contributed by atoms with Crippen LogP contribution in [0.4, 0.5) is 0 Å². The molecule has 1 N–H and O–H groups in total. The maximum absolute atomic E-state index is 12.7. The molecular formula is C18H13BrN2O3S2. The third kappa shape index (κ3) is 3.67. The van der Waals surface area contributed by atoms with Crippen LogP contribution >= 0.6 is 39.9 Å². The molecule has 8 heteroatoms. The van der Waals surface area contributed by atoms with Crippen molar-refractivity contribution in [3.8, 4) is 5.75 Å². The van der Waals surface area contributed by atoms with Crippen molar-refractivity contribution in [2.75, 3.05) is 7.05 Å². The molecule has 0 radical (unpaired) electrons. The normalized spacial score (nSPS) is 15.6. The molecule has 1 saturated heterocycles. The van der Waals surface area contributed by atoms with E-state index in [0.717, 1.165) is 17.3 Å². The quantitative estimate of drug-likeness (QED) is 0.566. The van der Waals surface area contributed by atoms with Gasteiger partial charge in [-0.15, -0.1) is 0 Å². The third-order valence-corrected chi connectivity index (χ3v) is 5.58. The predicted molar refractivity (Wildman–Crippen MR) is 109 cm³/mol. The van der Waals surface area contributed by atoms with Gasteiger partial charge in [0.1, 0.15) is 5.75 Å². The van der Waals surface area contributed by atoms with E-state index in [0.29, 0.717) is 14.9 Å². The molecule has 1 aliphatic heterocycles. The molecule has 0 spiro atoms. The van der Waals surface area contributed by atoms with E-state index in [9.17, 15) is 14.7 Å². The Balaban J connectivity index is 1.85. The van der Waals surface area contributed by atoms with Crippen molar-refractivity contribution in [2.24, 2.45) is 0 Å². The lowest BCUT2D eigenvalue weighted by molar-refractivity contribution is -0.129. The van der Waals surface area contributed by atoms with Crippen molar-refractivity contribution in [1.82, 2.24) is 10.0 Å². The molecule has 0 bridgehead atoms. The molecule has 0 aliphatic carbocycles. The van der Waals surface area contributed by atoms with Crippen molar-refractivity contribution in [3.05, 3.63) is 69.0 Å². The standard InChI is InChI=1S/C18H13BrN2O3S2/c1-20(16(23)12-5-3-2-4-6-12)21-17(24)15(26-18(21)25)10-11-7-8-14(22)13(19)9-11/h2-10,22H,1H3/b15-10+. The molecule has 0 aromatic heterocycles. The van der Waals surface area contributed by atoms with Crippen molar-refractivity contribution in [1.29, 1.82) is 0 Å². The molecule has 1 fully saturated rings. The first-order valence-electron chi connectivity index (χ1n) is 7.48. The summed E-state index contributed by atoms with van der Waals surface area (Å²) >= 11 is 9.65. The molecule has 3 rings (SSSR count). The fourth-order valence-corrected chi connectivity index (χ4v) is 4.06. The monoisotopic (exact) mass is 448 g/mol. The highest BCUT2D eigenvalue weighted by Gasteiger charge is 2.37. The summed E-state index contributed by atoms with van der Waals surface area (Å²) in [7, 11) is 1.51. The summed E-state index contributed by atoms with van der Waals surface area (Å²) in [6.07, 6.45) is 1.67. The molecule has 2 aromatic carbocycles. The highest BCUT2D eigenvalue weighted by atomic mass is 79.9. The van der Waals surface area contributed by atoms with Gasteiger partial charge in [-0.25, -0.2) is 5.01 Å². The summed E-state index contributed by atoms with van der Waals surface area (Å²) in [6, 6.07) is 13.6. The van der Waals surface area contributed by atoms with E-state index >= 15 is 0 Å². The maximum atomic E-state index is 12.7. The minimum Gasteiger partial charge on any atom is -0.507 e. The van der Waals surface area contributed by atoms with E-state index in [1.807, 2.05) is 6.07 Å². The number of halogens is 1. The number of carbonyl (C=O) groups is 2. The van der Waals surface area contributed by atoms with Crippen molar-refractivity contribution < 1.29 is 14.7 Å². The zero-order valence-corrected chi connectivity index (χ0v) is 16.8. The number of aromatic hydroxyl groups is 1. The van der Waals surface area contributed by atoms with Crippen LogP contribution in [-0.4, -0.2) is 38.3 Å². The first-order valence-corrected chi connectivity index (χ1v) is 9.50. The molecule has 0 atom stereocenters. The number of thiocarbonyl (C=S) groups is 1. The summed E-state index contributed by atoms with van der Waals surface area (Å²) in [6.45, 7) is 0. The minimum atomic E-state index is -0.365. The summed E-state index contributed by atoms with van der Waals surface area (Å²) < 4.78 is 0.809. The number of rotatable bonds is 3. The van der Waals surface area contributed by atoms with Crippen LogP contribution in [0.5, 0.6) is 5.75 Å². The second-order valence-electron chi connectivity index (χ2n) is 5.40. The van der Waals surface area contributed by atoms with E-state index < -0.39 is 0 Å². The first-order chi connectivity index (χ1) is 12.4. The molecule has 0 saturated carbocycles. The van der Waals surface area contributed by atoms with Gasteiger partial charge in [-0.3, -0.25) is 9.59 Å². The second-order valence-corrected chi connectivity index (χ2v) is 7.93. The Labute approximate surface area is 168 Å². The number of nitrogens with zero attached hydrogens (tertiary/aromatic N) is 2. The Kier molecular flexibility index (Phi) is 5.45. The number of amides is 2. The lowest BCUT2D eigenvalue weighted by Gasteiger charge is -2.26. The highest BCUT2D eigenvalue weighted by molar-refractivity contribution is 9.10. The van der Waals surface area contributed by atoms with Crippen LogP contribution < -0.4 is 0 Å². The number of hydrogen-bond acceptors (Lipinski definition) is 5. The first kappa shape index (κ1) is 18.6. The third-order valence-electron chi connectivity index (χ3n) is 3.66. The fourth-order valence-electron chi connectivity index (χ4n) is 2.34. The van der Waals surface area contributed by atoms with Crippen molar-refractivity contribution in [3.63, 3.8) is 0 Å². The van der Waals surface area contributed by atoms with Crippen molar-refractivity contribution >= 4 is 62.1 Å². The highest BCUT2D eigenvalue weighted by Crippen LogP contribution is 2.34. The van der Waals surface area contributed by atoms with Gasteiger partial charge in [0.05, 0.1) is 9.38 Å². The van der Waals surface area contributed by atoms with E-state index in [2.05, 4.69) is 15.9 Å². The molecular weight excluding hydrogens is 436 g/mol. The van der Waals surface area contributed by atoms with Crippen LogP contribution in [0, 0.1) is 0 Å². The van der Waals surface area contributed by atoms with E-state index in [1.165, 1.54) is 23.1 Å². The fraction of sp³-hybridized carbons (Fsp3) is 0.0556. The minimum absolute atomic E-state index is 0.114. The number of benzene rings is 2. The van der Waals surface area contributed by atoms with Gasteiger partial charge in [0, 0.05) is 12.6 Å². The van der Waals surface area contributed by atoms with Gasteiger partial charge in [0.25, 0.3) is 11.8 Å². The van der Waals surface area contributed by atoms with Gasteiger partial charge in [-0.05, 0) is 64.1 Å². The Hall–Kier alpha value is -2.16. The van der Waals surface area contributed by atoms with Crippen LogP contribution in [0.15, 0.2) is 57.9 Å². The molecule has 2 aromatic rings. The maximum Gasteiger partial charge on any atom is 0.285 e. The Morgan fingerprint density at radius 1 is 1.27 bits per heavy atom. The van der Waals surface area contributed by atoms with Crippen molar-refractivity contribution in [2.45, 2.75) is 0 Å². The van der Waals surface area contributed by atoms with Gasteiger partial charge in [0.2, 0.25) is 0 Å². The van der Waals surface area contributed by atoms with E-state index in [-0.39, 0.29) is 21.9 Å². The number of phenolic OH excluding ortho intramolecular Hbond substituents is 1. The van der Waals surface area contributed by atoms with Gasteiger partial charge >= 0.3 is 0 Å². The van der Waals surface area contributed by atoms with E-state index in [1.54, 1.807) is 42.5 Å². The molecule has 26 heavy (non-hydrogen) atoms. The number of hydrazine groups is 1. The largest absolute Gasteiger partial charge is 0.507 e. The average Bonchev–Trinajstić information content (AvgIpc) is 2.91. The summed E-state index contributed by atoms with van der Waals surface area (Å²) in [5.41, 5.74) is 1.20. The number of hydrogen-bond donors (Lipinski definition) is 1. The molecule has 2 amide bonds. The van der Waals surface area contributed by atoms with Crippen LogP contribution in [0.1, 0.15) is 15.9 Å². The summed E-state index contributed by atoms with van der Waals surface area (Å²) in [5, 5.41) is 12.0. The number of carbonyl (C=O) groups excluding carboxylic acids is 2. The molecule has 132 valence electrons. The lowest BCUT2D eigenvalue weighted by Crippen LogP contribution is -2.46. The topological polar surface area (TPSA) is 60.9 Å². The Morgan fingerprint density at radius 2 is 1.96 bits per heavy atom. The van der Waals surface area contributed by atoms with Crippen LogP contribution in [-0.2, 0) is 4.79 Å². The Bertz CT molecular complexity index is 931. The smallest absolute Gasteiger partial charge is 0.285 e. The van der Waals surface area contributed by atoms with Crippen LogP contribution in [0.25, 0.3) is 6.08 Å². The van der Waals surface area contributed by atoms with Gasteiger partial charge in [0.15, 0.2) is 4.32 Å². The van der Waals surface area contributed by atoms with Crippen LogP contribution in [0.2, 0.25) is 0 Å². The zero-order chi connectivity index (χ0) is 18.8. The number of thioether (sulfide) groups is 1. The molecule has 1 heterocycles. The predicted octanol–water partition coefficient (Wildman–Crippen LogP) is 4.04. The average molecular weight is 449 g/mol. The molecule has 1 aliphatic rings. The zero-order valence-electron chi connectivity index (χ0n) is 13.5. The molecule has 0 unspecified atom stereocenters. The summed E-state index contributed by atoms with van der Waals surface area (Å²) in [4.78, 5) is 25.7. The Morgan fingerprint density at radius 3 is 2.62 bits per heavy atom. The van der Waals surface area contributed by atoms with E-state index in [4.69, 9.17) is 12.2 Å². The van der Waals surface area contributed by atoms with Crippen LogP contribution in [0.3, 0.4) is 0 Å². The van der Waals surface area contributed by atoms with Gasteiger partial charge in [-0.1, -0.05) is 36.0 Å². The van der Waals surface area contributed by atoms with Gasteiger partial charge < -0.3 is 5.11 Å². The summed E-state index contributed by atoms with van der Waals surface area (Å²) in [5.74, 6) is -0.575.